The summed E-state index contributed by atoms with van der Waals surface area (Å²) in [5, 5.41) is 5.56. The SMILES string of the molecule is CSCC[C@H](NNc1cccc(C)n1)C(=O)C12CCCC(NC(=O)c3nccs3)(CC1)C2. The Morgan fingerprint density at radius 3 is 2.88 bits per heavy atom. The number of hydrogen-bond acceptors (Lipinski definition) is 8. The molecule has 2 aliphatic carbocycles. The van der Waals surface area contributed by atoms with Crippen LogP contribution in [0.1, 0.15) is 60.4 Å². The largest absolute Gasteiger partial charge is 0.345 e. The van der Waals surface area contributed by atoms with Gasteiger partial charge in [-0.2, -0.15) is 11.8 Å². The molecule has 0 saturated heterocycles. The maximum Gasteiger partial charge on any atom is 0.280 e. The highest BCUT2D eigenvalue weighted by Crippen LogP contribution is 2.54. The van der Waals surface area contributed by atoms with Crippen molar-refractivity contribution in [2.24, 2.45) is 5.41 Å². The third kappa shape index (κ3) is 5.00. The normalized spacial score (nSPS) is 25.3. The summed E-state index contributed by atoms with van der Waals surface area (Å²) in [5.74, 6) is 1.75. The molecular weight excluding hydrogens is 442 g/mol. The van der Waals surface area contributed by atoms with Gasteiger partial charge in [0.25, 0.3) is 5.91 Å². The van der Waals surface area contributed by atoms with E-state index >= 15 is 0 Å². The maximum atomic E-state index is 13.9. The van der Waals surface area contributed by atoms with Crippen molar-refractivity contribution in [1.82, 2.24) is 20.7 Å². The van der Waals surface area contributed by atoms with Crippen molar-refractivity contribution in [2.75, 3.05) is 17.4 Å². The van der Waals surface area contributed by atoms with E-state index in [1.54, 1.807) is 18.0 Å². The predicted molar refractivity (Wildman–Crippen MR) is 130 cm³/mol. The highest BCUT2D eigenvalue weighted by molar-refractivity contribution is 7.98. The van der Waals surface area contributed by atoms with E-state index in [1.807, 2.05) is 30.5 Å². The number of rotatable bonds is 10. The number of nitrogens with one attached hydrogen (secondary N) is 3. The van der Waals surface area contributed by atoms with Crippen molar-refractivity contribution in [3.8, 4) is 0 Å². The molecule has 3 N–H and O–H groups in total. The number of aromatic nitrogens is 2. The second kappa shape index (κ2) is 9.89. The fraction of sp³-hybridized carbons (Fsp3) is 0.565. The molecule has 2 aliphatic rings. The summed E-state index contributed by atoms with van der Waals surface area (Å²) in [7, 11) is 0. The average Bonchev–Trinajstić information content (AvgIpc) is 3.41. The first-order chi connectivity index (χ1) is 15.5. The number of carbonyl (C=O) groups is 2. The number of nitrogens with zero attached hydrogens (tertiary/aromatic N) is 2. The molecule has 172 valence electrons. The number of Topliss-reactive ketones (excluding diaryl/α,β-unsaturated/α-hetero) is 1. The van der Waals surface area contributed by atoms with Crippen LogP contribution in [0.25, 0.3) is 0 Å². The third-order valence-electron chi connectivity index (χ3n) is 6.79. The molecule has 0 spiro atoms. The molecule has 7 nitrogen and oxygen atoms in total. The smallest absolute Gasteiger partial charge is 0.280 e. The number of hydrazine groups is 1. The number of hydrogen-bond donors (Lipinski definition) is 3. The Morgan fingerprint density at radius 1 is 1.25 bits per heavy atom. The number of amides is 1. The standard InChI is InChI=1S/C23H31N5O2S2/c1-16-5-3-6-18(25-16)28-27-17(7-13-31-2)19(29)22-8-4-9-23(15-22,11-10-22)26-20(30)21-24-12-14-32-21/h3,5-6,12,14,17,27H,4,7-11,13,15H2,1-2H3,(H,25,28)(H,26,30)/t17-,22?,23?/m0/s1. The minimum absolute atomic E-state index is 0.116. The first-order valence-electron chi connectivity index (χ1n) is 11.2. The van der Waals surface area contributed by atoms with Crippen LogP contribution in [-0.2, 0) is 4.79 Å². The summed E-state index contributed by atoms with van der Waals surface area (Å²) in [5.41, 5.74) is 6.68. The van der Waals surface area contributed by atoms with E-state index in [1.165, 1.54) is 11.3 Å². The van der Waals surface area contributed by atoms with Gasteiger partial charge in [0.1, 0.15) is 5.82 Å². The van der Waals surface area contributed by atoms with Crippen LogP contribution in [0.3, 0.4) is 0 Å². The summed E-state index contributed by atoms with van der Waals surface area (Å²) in [6.45, 7) is 1.95. The quantitative estimate of drug-likeness (QED) is 0.449. The van der Waals surface area contributed by atoms with Crippen molar-refractivity contribution in [2.45, 2.75) is 63.5 Å². The molecule has 2 bridgehead atoms. The fourth-order valence-electron chi connectivity index (χ4n) is 5.28. The van der Waals surface area contributed by atoms with Gasteiger partial charge in [-0.05, 0) is 69.6 Å². The lowest BCUT2D eigenvalue weighted by Crippen LogP contribution is -2.53. The summed E-state index contributed by atoms with van der Waals surface area (Å²) >= 11 is 3.09. The first kappa shape index (κ1) is 23.2. The monoisotopic (exact) mass is 473 g/mol. The number of thioether (sulfide) groups is 1. The predicted octanol–water partition coefficient (Wildman–Crippen LogP) is 3.98. The topological polar surface area (TPSA) is 96.0 Å². The Balaban J connectivity index is 1.46. The number of aryl methyl sites for hydroxylation is 1. The van der Waals surface area contributed by atoms with Crippen LogP contribution in [0, 0.1) is 12.3 Å². The van der Waals surface area contributed by atoms with Crippen LogP contribution in [-0.4, -0.2) is 45.2 Å². The van der Waals surface area contributed by atoms with Gasteiger partial charge in [0.2, 0.25) is 0 Å². The van der Waals surface area contributed by atoms with Gasteiger partial charge < -0.3 is 10.7 Å². The Bertz CT molecular complexity index is 954. The van der Waals surface area contributed by atoms with Crippen molar-refractivity contribution >= 4 is 40.6 Å². The van der Waals surface area contributed by atoms with Crippen LogP contribution in [0.5, 0.6) is 0 Å². The van der Waals surface area contributed by atoms with Gasteiger partial charge in [0, 0.05) is 28.2 Å². The third-order valence-corrected chi connectivity index (χ3v) is 8.20. The second-order valence-electron chi connectivity index (χ2n) is 9.01. The molecule has 0 aliphatic heterocycles. The Kier molecular flexibility index (Phi) is 7.17. The van der Waals surface area contributed by atoms with E-state index in [9.17, 15) is 9.59 Å². The number of anilines is 1. The van der Waals surface area contributed by atoms with Crippen molar-refractivity contribution in [3.05, 3.63) is 40.5 Å². The zero-order valence-electron chi connectivity index (χ0n) is 18.6. The molecule has 4 rings (SSSR count). The summed E-state index contributed by atoms with van der Waals surface area (Å²) in [6.07, 6.45) is 9.61. The van der Waals surface area contributed by atoms with Crippen LogP contribution in [0.15, 0.2) is 29.8 Å². The van der Waals surface area contributed by atoms with E-state index in [0.29, 0.717) is 10.8 Å². The Hall–Kier alpha value is -1.97. The zero-order valence-corrected chi connectivity index (χ0v) is 20.3. The van der Waals surface area contributed by atoms with Gasteiger partial charge in [-0.3, -0.25) is 9.59 Å². The summed E-state index contributed by atoms with van der Waals surface area (Å²) in [4.78, 5) is 35.2. The molecule has 2 heterocycles. The Morgan fingerprint density at radius 2 is 2.12 bits per heavy atom. The van der Waals surface area contributed by atoms with Gasteiger partial charge in [-0.1, -0.05) is 12.5 Å². The maximum absolute atomic E-state index is 13.9. The van der Waals surface area contributed by atoms with Crippen LogP contribution in [0.2, 0.25) is 0 Å². The molecule has 0 aromatic carbocycles. The van der Waals surface area contributed by atoms with E-state index in [-0.39, 0.29) is 28.7 Å². The van der Waals surface area contributed by atoms with Crippen molar-refractivity contribution in [3.63, 3.8) is 0 Å². The lowest BCUT2D eigenvalue weighted by atomic mass is 9.68. The number of pyridine rings is 1. The van der Waals surface area contributed by atoms with Crippen LogP contribution < -0.4 is 16.2 Å². The van der Waals surface area contributed by atoms with E-state index in [0.717, 1.165) is 56.4 Å². The average molecular weight is 474 g/mol. The second-order valence-corrected chi connectivity index (χ2v) is 10.9. The minimum atomic E-state index is -0.383. The van der Waals surface area contributed by atoms with Gasteiger partial charge in [-0.25, -0.2) is 15.4 Å². The first-order valence-corrected chi connectivity index (χ1v) is 13.4. The molecule has 0 radical (unpaired) electrons. The molecule has 2 unspecified atom stereocenters. The lowest BCUT2D eigenvalue weighted by molar-refractivity contribution is -0.132. The molecule has 3 atom stereocenters. The van der Waals surface area contributed by atoms with Gasteiger partial charge in [-0.15, -0.1) is 11.3 Å². The van der Waals surface area contributed by atoms with Gasteiger partial charge in [0.05, 0.1) is 6.04 Å². The highest BCUT2D eigenvalue weighted by atomic mass is 32.2. The van der Waals surface area contributed by atoms with E-state index < -0.39 is 0 Å². The van der Waals surface area contributed by atoms with E-state index in [2.05, 4.69) is 32.4 Å². The molecule has 9 heteroatoms. The van der Waals surface area contributed by atoms with E-state index in [4.69, 9.17) is 0 Å². The number of carbonyl (C=O) groups excluding carboxylic acids is 2. The summed E-state index contributed by atoms with van der Waals surface area (Å²) < 4.78 is 0. The highest BCUT2D eigenvalue weighted by Gasteiger charge is 2.56. The van der Waals surface area contributed by atoms with Crippen LogP contribution in [0.4, 0.5) is 5.82 Å². The molecule has 2 saturated carbocycles. The van der Waals surface area contributed by atoms with Crippen molar-refractivity contribution in [1.29, 1.82) is 0 Å². The van der Waals surface area contributed by atoms with Crippen LogP contribution >= 0.6 is 23.1 Å². The van der Waals surface area contributed by atoms with Crippen molar-refractivity contribution < 1.29 is 9.59 Å². The molecule has 2 aromatic rings. The molecule has 32 heavy (non-hydrogen) atoms. The number of ketones is 1. The van der Waals surface area contributed by atoms with Gasteiger partial charge >= 0.3 is 0 Å². The molecule has 2 fully saturated rings. The fourth-order valence-corrected chi connectivity index (χ4v) is 6.28. The van der Waals surface area contributed by atoms with Gasteiger partial charge in [0.15, 0.2) is 10.8 Å². The number of fused-ring (bicyclic) bond motifs is 2. The molecule has 1 amide bonds. The summed E-state index contributed by atoms with van der Waals surface area (Å²) in [6, 6.07) is 5.49. The zero-order chi connectivity index (χ0) is 22.6. The lowest BCUT2D eigenvalue weighted by Gasteiger charge is -2.40. The molecular formula is C23H31N5O2S2. The minimum Gasteiger partial charge on any atom is -0.345 e. The molecule has 2 aromatic heterocycles. The number of thiazole rings is 1. The Labute approximate surface area is 197 Å².